The van der Waals surface area contributed by atoms with E-state index in [4.69, 9.17) is 4.74 Å². The molecule has 200 valence electrons. The Bertz CT molecular complexity index is 994. The van der Waals surface area contributed by atoms with Gasteiger partial charge in [-0.2, -0.15) is 0 Å². The van der Waals surface area contributed by atoms with Crippen LogP contribution in [0.2, 0.25) is 0 Å². The third kappa shape index (κ3) is 3.92. The zero-order valence-corrected chi connectivity index (χ0v) is 23.1. The lowest BCUT2D eigenvalue weighted by molar-refractivity contribution is -0.159. The summed E-state index contributed by atoms with van der Waals surface area (Å²) in [6.07, 6.45) is 8.83. The highest BCUT2D eigenvalue weighted by atomic mass is 16.5. The van der Waals surface area contributed by atoms with Crippen LogP contribution in [-0.2, 0) is 19.1 Å². The van der Waals surface area contributed by atoms with E-state index in [1.165, 1.54) is 0 Å². The molecule has 8 heteroatoms. The molecule has 0 aromatic carbocycles. The van der Waals surface area contributed by atoms with E-state index >= 15 is 0 Å². The van der Waals surface area contributed by atoms with Crippen molar-refractivity contribution in [2.24, 2.45) is 17.3 Å². The molecular weight excluding hydrogens is 458 g/mol. The van der Waals surface area contributed by atoms with Crippen molar-refractivity contribution in [3.05, 3.63) is 24.3 Å². The minimum absolute atomic E-state index is 0.0193. The molecule has 4 aliphatic rings. The number of rotatable bonds is 5. The van der Waals surface area contributed by atoms with E-state index in [0.717, 1.165) is 6.42 Å². The first-order valence-electron chi connectivity index (χ1n) is 13.2. The molecule has 36 heavy (non-hydrogen) atoms. The van der Waals surface area contributed by atoms with Crippen LogP contribution in [0.5, 0.6) is 0 Å². The molecule has 2 saturated heterocycles. The Morgan fingerprint density at radius 2 is 1.67 bits per heavy atom. The Morgan fingerprint density at radius 3 is 2.25 bits per heavy atom. The summed E-state index contributed by atoms with van der Waals surface area (Å²) in [6.45, 7) is 14.9. The number of nitrogens with zero attached hydrogens (tertiary/aromatic N) is 3. The maximum atomic E-state index is 14.5. The van der Waals surface area contributed by atoms with E-state index < -0.39 is 40.7 Å². The van der Waals surface area contributed by atoms with E-state index in [2.05, 4.69) is 34.6 Å². The van der Waals surface area contributed by atoms with Gasteiger partial charge in [0, 0.05) is 25.7 Å². The fraction of sp³-hybridized carbons (Fsp3) is 0.750. The molecule has 8 nitrogen and oxygen atoms in total. The van der Waals surface area contributed by atoms with Crippen molar-refractivity contribution in [1.82, 2.24) is 14.7 Å². The summed E-state index contributed by atoms with van der Waals surface area (Å²) < 4.78 is 6.81. The highest BCUT2D eigenvalue weighted by Gasteiger charge is 2.75. The summed E-state index contributed by atoms with van der Waals surface area (Å²) in [5.74, 6) is -2.26. The van der Waals surface area contributed by atoms with Gasteiger partial charge in [-0.15, -0.1) is 0 Å². The van der Waals surface area contributed by atoms with Crippen molar-refractivity contribution in [3.63, 3.8) is 0 Å². The Balaban J connectivity index is 1.89. The molecule has 0 radical (unpaired) electrons. The van der Waals surface area contributed by atoms with Crippen molar-refractivity contribution < 1.29 is 24.2 Å². The number of hydrogen-bond acceptors (Lipinski definition) is 5. The van der Waals surface area contributed by atoms with Crippen LogP contribution < -0.4 is 0 Å². The summed E-state index contributed by atoms with van der Waals surface area (Å²) >= 11 is 0. The zero-order chi connectivity index (χ0) is 26.8. The minimum Gasteiger partial charge on any atom is -0.394 e. The zero-order valence-electron chi connectivity index (χ0n) is 23.1. The van der Waals surface area contributed by atoms with Crippen molar-refractivity contribution >= 4 is 17.7 Å². The molecule has 0 bridgehead atoms. The smallest absolute Gasteiger partial charge is 0.249 e. The number of ether oxygens (including phenoxy) is 1. The predicted octanol–water partition coefficient (Wildman–Crippen LogP) is 2.37. The van der Waals surface area contributed by atoms with E-state index in [1.54, 1.807) is 16.8 Å². The maximum Gasteiger partial charge on any atom is 0.249 e. The molecule has 6 atom stereocenters. The van der Waals surface area contributed by atoms with E-state index in [9.17, 15) is 19.5 Å². The molecule has 1 spiro atoms. The highest BCUT2D eigenvalue weighted by Crippen LogP contribution is 2.58. The summed E-state index contributed by atoms with van der Waals surface area (Å²) in [7, 11) is 1.73. The van der Waals surface area contributed by atoms with Gasteiger partial charge in [-0.25, -0.2) is 0 Å². The van der Waals surface area contributed by atoms with E-state index in [1.807, 2.05) is 43.1 Å². The van der Waals surface area contributed by atoms with Crippen molar-refractivity contribution in [2.75, 3.05) is 26.7 Å². The van der Waals surface area contributed by atoms with Gasteiger partial charge in [-0.05, 0) is 39.0 Å². The van der Waals surface area contributed by atoms with Crippen LogP contribution in [-0.4, -0.2) is 93.1 Å². The minimum atomic E-state index is -1.29. The number of likely N-dealkylation sites (tertiary alicyclic amines) is 1. The Morgan fingerprint density at radius 1 is 1.03 bits per heavy atom. The fourth-order valence-corrected chi connectivity index (χ4v) is 7.33. The maximum absolute atomic E-state index is 14.5. The van der Waals surface area contributed by atoms with Crippen LogP contribution in [0.1, 0.15) is 61.3 Å². The number of carbonyl (C=O) groups is 3. The third-order valence-electron chi connectivity index (χ3n) is 8.47. The number of hydrogen-bond donors (Lipinski definition) is 1. The molecule has 0 aliphatic carbocycles. The molecule has 0 aromatic heterocycles. The average Bonchev–Trinajstić information content (AvgIpc) is 3.02. The lowest BCUT2D eigenvalue weighted by Gasteiger charge is -2.45. The Kier molecular flexibility index (Phi) is 6.48. The van der Waals surface area contributed by atoms with Crippen LogP contribution >= 0.6 is 0 Å². The topological polar surface area (TPSA) is 90.4 Å². The van der Waals surface area contributed by atoms with Crippen LogP contribution in [0, 0.1) is 17.3 Å². The van der Waals surface area contributed by atoms with Gasteiger partial charge in [0.15, 0.2) is 0 Å². The standard InChI is InChI=1S/C28H43N3O5/c1-9-18(16-32)31-21-24(35)30(26(5,6)17-25(2,3)4)15-11-13-28(21)20(23(31)34)19-22(33)29(8)14-10-12-27(19,7)36-28/h10-13,18-21,32H,9,14-17H2,1-8H3/t18-,19+,20-,21?,27-,28-/m0/s1. The van der Waals surface area contributed by atoms with Crippen molar-refractivity contribution in [1.29, 1.82) is 0 Å². The first-order chi connectivity index (χ1) is 16.6. The second-order valence-electron chi connectivity index (χ2n) is 13.0. The normalized spacial score (nSPS) is 35.5. The van der Waals surface area contributed by atoms with Gasteiger partial charge < -0.3 is 24.5 Å². The van der Waals surface area contributed by atoms with Crippen LogP contribution in [0.25, 0.3) is 0 Å². The second kappa shape index (κ2) is 8.69. The van der Waals surface area contributed by atoms with Gasteiger partial charge in [0.25, 0.3) is 0 Å². The fourth-order valence-electron chi connectivity index (χ4n) is 7.33. The van der Waals surface area contributed by atoms with Crippen molar-refractivity contribution in [3.8, 4) is 0 Å². The van der Waals surface area contributed by atoms with Crippen LogP contribution in [0.4, 0.5) is 0 Å². The molecule has 0 saturated carbocycles. The molecule has 4 aliphatic heterocycles. The molecule has 4 rings (SSSR count). The molecule has 0 aromatic rings. The van der Waals surface area contributed by atoms with E-state index in [-0.39, 0.29) is 29.7 Å². The largest absolute Gasteiger partial charge is 0.394 e. The second-order valence-corrected chi connectivity index (χ2v) is 13.0. The predicted molar refractivity (Wildman–Crippen MR) is 137 cm³/mol. The van der Waals surface area contributed by atoms with Gasteiger partial charge in [-0.3, -0.25) is 14.4 Å². The number of likely N-dealkylation sites (N-methyl/N-ethyl adjacent to an activating group) is 1. The number of aliphatic hydroxyl groups excluding tert-OH is 1. The number of aliphatic hydroxyl groups is 1. The highest BCUT2D eigenvalue weighted by molar-refractivity contribution is 6.00. The van der Waals surface area contributed by atoms with Gasteiger partial charge in [0.2, 0.25) is 17.7 Å². The van der Waals surface area contributed by atoms with E-state index in [0.29, 0.717) is 19.5 Å². The molecule has 1 unspecified atom stereocenters. The van der Waals surface area contributed by atoms with Crippen LogP contribution in [0.3, 0.4) is 0 Å². The molecule has 4 heterocycles. The monoisotopic (exact) mass is 501 g/mol. The van der Waals surface area contributed by atoms with Gasteiger partial charge in [-0.1, -0.05) is 52.0 Å². The summed E-state index contributed by atoms with van der Waals surface area (Å²) in [4.78, 5) is 47.4. The molecule has 2 fully saturated rings. The molecule has 1 N–H and O–H groups in total. The van der Waals surface area contributed by atoms with Gasteiger partial charge in [0.1, 0.15) is 11.6 Å². The quantitative estimate of drug-likeness (QED) is 0.584. The first-order valence-corrected chi connectivity index (χ1v) is 13.2. The Labute approximate surface area is 215 Å². The lowest BCUT2D eigenvalue weighted by atomic mass is 9.74. The summed E-state index contributed by atoms with van der Waals surface area (Å²) in [5, 5.41) is 10.2. The first kappa shape index (κ1) is 26.9. The number of fused-ring (bicyclic) bond motifs is 2. The molecule has 3 amide bonds. The summed E-state index contributed by atoms with van der Waals surface area (Å²) in [5.41, 5.74) is -2.81. The lowest BCUT2D eigenvalue weighted by Crippen LogP contribution is -2.62. The van der Waals surface area contributed by atoms with Crippen molar-refractivity contribution in [2.45, 2.75) is 90.1 Å². The number of amides is 3. The summed E-state index contributed by atoms with van der Waals surface area (Å²) in [6, 6.07) is -1.50. The van der Waals surface area contributed by atoms with Crippen LogP contribution in [0.15, 0.2) is 24.3 Å². The molecular formula is C28H43N3O5. The Hall–Kier alpha value is -2.19. The SMILES string of the molecule is CC[C@@H](CO)N1C(=O)[C@@H]2[C@@H]3C(=O)N(C)CC=C[C@]3(C)O[C@@]23C=CCN(C(C)(C)CC(C)(C)C)C(=O)C13. The van der Waals surface area contributed by atoms with Gasteiger partial charge in [0.05, 0.1) is 30.1 Å². The number of carbonyl (C=O) groups excluding carboxylic acids is 3. The third-order valence-corrected chi connectivity index (χ3v) is 8.47. The average molecular weight is 502 g/mol. The van der Waals surface area contributed by atoms with Gasteiger partial charge >= 0.3 is 0 Å².